The molecule has 2 aromatic rings. The maximum Gasteiger partial charge on any atom is 0.410 e. The molecule has 2 fully saturated rings. The average molecular weight is 594 g/mol. The fourth-order valence-corrected chi connectivity index (χ4v) is 6.61. The molecule has 2 aliphatic heterocycles. The zero-order valence-corrected chi connectivity index (χ0v) is 24.7. The van der Waals surface area contributed by atoms with Crippen molar-refractivity contribution < 1.29 is 32.0 Å². The zero-order chi connectivity index (χ0) is 29.9. The van der Waals surface area contributed by atoms with Crippen molar-refractivity contribution in [3.63, 3.8) is 0 Å². The third kappa shape index (κ3) is 7.75. The van der Waals surface area contributed by atoms with Gasteiger partial charge in [-0.15, -0.1) is 4.72 Å². The normalized spacial score (nSPS) is 21.9. The van der Waals surface area contributed by atoms with E-state index in [2.05, 4.69) is 4.72 Å². The largest absolute Gasteiger partial charge is 0.598 e. The van der Waals surface area contributed by atoms with Crippen molar-refractivity contribution in [1.29, 1.82) is 0 Å². The molecule has 0 aromatic heterocycles. The number of carbonyl (C=O) groups excluding carboxylic acids is 2. The van der Waals surface area contributed by atoms with Gasteiger partial charge in [0.2, 0.25) is 5.91 Å². The number of nitrogens with zero attached hydrogens (tertiary/aromatic N) is 2. The molecule has 11 heteroatoms. The van der Waals surface area contributed by atoms with E-state index in [1.165, 1.54) is 11.9 Å². The van der Waals surface area contributed by atoms with Gasteiger partial charge in [-0.1, -0.05) is 30.3 Å². The van der Waals surface area contributed by atoms with Gasteiger partial charge in [-0.2, -0.15) is 0 Å². The molecule has 4 rings (SSSR count). The second kappa shape index (κ2) is 13.0. The van der Waals surface area contributed by atoms with Gasteiger partial charge < -0.3 is 19.1 Å². The lowest BCUT2D eigenvalue weighted by molar-refractivity contribution is -0.137. The van der Waals surface area contributed by atoms with Crippen LogP contribution < -0.4 is 4.72 Å². The van der Waals surface area contributed by atoms with Crippen LogP contribution in [0, 0.1) is 23.4 Å². The van der Waals surface area contributed by atoms with Gasteiger partial charge in [-0.3, -0.25) is 4.79 Å². The van der Waals surface area contributed by atoms with Crippen molar-refractivity contribution in [2.75, 3.05) is 13.6 Å². The van der Waals surface area contributed by atoms with E-state index in [4.69, 9.17) is 4.74 Å². The van der Waals surface area contributed by atoms with Gasteiger partial charge in [0.15, 0.2) is 11.6 Å². The maximum atomic E-state index is 14.6. The monoisotopic (exact) mass is 593 g/mol. The zero-order valence-electron chi connectivity index (χ0n) is 23.9. The van der Waals surface area contributed by atoms with Crippen LogP contribution >= 0.6 is 0 Å². The summed E-state index contributed by atoms with van der Waals surface area (Å²) >= 11 is -1.49. The standard InChI is InChI=1S/C30H38F3N3O4S/c1-30(2,3)41(39)34-27(15-20-14-25(32)26(33)16-24(20)31)21-12-22-10-11-23(13-21)36(22)28(37)17-35(4)29(38)40-18-19-8-6-5-7-9-19/h5-9,14,16,21-23,27,34H,10-13,15,17-18H2,1-4H3/t21?,22?,23?,27-,41+/m1/s1. The van der Waals surface area contributed by atoms with E-state index in [-0.39, 0.29) is 49.0 Å². The van der Waals surface area contributed by atoms with Crippen LogP contribution in [0.15, 0.2) is 42.5 Å². The first-order valence-electron chi connectivity index (χ1n) is 13.9. The summed E-state index contributed by atoms with van der Waals surface area (Å²) in [5, 5.41) is 0. The summed E-state index contributed by atoms with van der Waals surface area (Å²) < 4.78 is 63.1. The van der Waals surface area contributed by atoms with Gasteiger partial charge in [-0.25, -0.2) is 18.0 Å². The van der Waals surface area contributed by atoms with Crippen molar-refractivity contribution in [2.45, 2.75) is 82.4 Å². The van der Waals surface area contributed by atoms with Crippen LogP contribution in [-0.2, 0) is 33.9 Å². The molecule has 2 unspecified atom stereocenters. The lowest BCUT2D eigenvalue weighted by atomic mass is 9.82. The van der Waals surface area contributed by atoms with Crippen LogP contribution in [0.2, 0.25) is 0 Å². The Morgan fingerprint density at radius 1 is 1.07 bits per heavy atom. The summed E-state index contributed by atoms with van der Waals surface area (Å²) in [5.41, 5.74) is 0.855. The summed E-state index contributed by atoms with van der Waals surface area (Å²) in [4.78, 5) is 28.9. The summed E-state index contributed by atoms with van der Waals surface area (Å²) in [6.45, 7) is 5.44. The highest BCUT2D eigenvalue weighted by Crippen LogP contribution is 2.41. The van der Waals surface area contributed by atoms with Crippen LogP contribution in [0.3, 0.4) is 0 Å². The first kappa shape index (κ1) is 31.2. The van der Waals surface area contributed by atoms with Crippen molar-refractivity contribution >= 4 is 23.4 Å². The van der Waals surface area contributed by atoms with Gasteiger partial charge in [0, 0.05) is 36.6 Å². The van der Waals surface area contributed by atoms with E-state index in [1.807, 2.05) is 56.0 Å². The molecule has 7 nitrogen and oxygen atoms in total. The fraction of sp³-hybridized carbons (Fsp3) is 0.533. The number of halogens is 3. The van der Waals surface area contributed by atoms with Gasteiger partial charge in [0.25, 0.3) is 0 Å². The Morgan fingerprint density at radius 2 is 1.68 bits per heavy atom. The molecular weight excluding hydrogens is 555 g/mol. The first-order valence-corrected chi connectivity index (χ1v) is 15.0. The summed E-state index contributed by atoms with van der Waals surface area (Å²) in [6, 6.07) is 10.00. The summed E-state index contributed by atoms with van der Waals surface area (Å²) in [5.74, 6) is -3.50. The number of hydrogen-bond acceptors (Lipinski definition) is 5. The Hall–Kier alpha value is -2.76. The molecule has 2 heterocycles. The predicted octanol–water partition coefficient (Wildman–Crippen LogP) is 5.11. The summed E-state index contributed by atoms with van der Waals surface area (Å²) in [7, 11) is 1.53. The molecule has 0 spiro atoms. The Bertz CT molecular complexity index is 1220. The van der Waals surface area contributed by atoms with E-state index in [0.29, 0.717) is 18.9 Å². The number of benzene rings is 2. The predicted molar refractivity (Wildman–Crippen MR) is 150 cm³/mol. The van der Waals surface area contributed by atoms with Gasteiger partial charge in [-0.05, 0) is 76.0 Å². The van der Waals surface area contributed by atoms with Gasteiger partial charge >= 0.3 is 6.09 Å². The van der Waals surface area contributed by atoms with E-state index in [1.54, 1.807) is 0 Å². The molecule has 0 radical (unpaired) electrons. The Labute approximate surface area is 242 Å². The molecule has 2 bridgehead atoms. The molecule has 2 amide bonds. The molecule has 4 atom stereocenters. The Morgan fingerprint density at radius 3 is 2.29 bits per heavy atom. The first-order chi connectivity index (χ1) is 19.3. The number of ether oxygens (including phenoxy) is 1. The van der Waals surface area contributed by atoms with Crippen molar-refractivity contribution in [1.82, 2.24) is 14.5 Å². The number of fused-ring (bicyclic) bond motifs is 2. The quantitative estimate of drug-likeness (QED) is 0.323. The highest BCUT2D eigenvalue weighted by atomic mass is 32.2. The molecule has 2 saturated heterocycles. The van der Waals surface area contributed by atoms with E-state index >= 15 is 0 Å². The van der Waals surface area contributed by atoms with Crippen molar-refractivity contribution in [2.24, 2.45) is 5.92 Å². The lowest BCUT2D eigenvalue weighted by Gasteiger charge is -2.42. The number of likely N-dealkylation sites (N-methyl/N-ethyl adjacent to an activating group) is 1. The van der Waals surface area contributed by atoms with Crippen LogP contribution in [-0.4, -0.2) is 62.8 Å². The van der Waals surface area contributed by atoms with Crippen LogP contribution in [0.4, 0.5) is 18.0 Å². The average Bonchev–Trinajstić information content (AvgIpc) is 3.19. The molecule has 41 heavy (non-hydrogen) atoms. The Balaban J connectivity index is 1.42. The lowest BCUT2D eigenvalue weighted by Crippen LogP contribution is -2.55. The number of rotatable bonds is 9. The minimum atomic E-state index is -1.49. The third-order valence-electron chi connectivity index (χ3n) is 7.86. The molecule has 2 aliphatic rings. The third-order valence-corrected chi connectivity index (χ3v) is 9.49. The SMILES string of the molecule is CN(CC(=O)N1C2CCC1CC([C@@H](Cc1cc(F)c(F)cc1F)N[S@@+]([O-])C(C)(C)C)C2)C(=O)OCc1ccccc1. The number of amides is 2. The van der Waals surface area contributed by atoms with E-state index < -0.39 is 45.7 Å². The number of piperidine rings is 1. The molecule has 1 N–H and O–H groups in total. The minimum absolute atomic E-state index is 0.00815. The number of nitrogens with one attached hydrogen (secondary N) is 1. The van der Waals surface area contributed by atoms with E-state index in [9.17, 15) is 27.3 Å². The molecule has 224 valence electrons. The minimum Gasteiger partial charge on any atom is -0.598 e. The number of carbonyl (C=O) groups is 2. The molecule has 2 aromatic carbocycles. The maximum absolute atomic E-state index is 14.6. The van der Waals surface area contributed by atoms with E-state index in [0.717, 1.165) is 24.5 Å². The highest BCUT2D eigenvalue weighted by Gasteiger charge is 2.46. The number of hydrogen-bond donors (Lipinski definition) is 1. The van der Waals surface area contributed by atoms with Crippen LogP contribution in [0.1, 0.15) is 57.6 Å². The second-order valence-corrected chi connectivity index (χ2v) is 14.0. The molecule has 0 aliphatic carbocycles. The van der Waals surface area contributed by atoms with Crippen LogP contribution in [0.25, 0.3) is 0 Å². The topological polar surface area (TPSA) is 84.9 Å². The second-order valence-electron chi connectivity index (χ2n) is 12.0. The molecular formula is C30H38F3N3O4S. The molecule has 0 saturated carbocycles. The fourth-order valence-electron chi connectivity index (χ4n) is 5.71. The van der Waals surface area contributed by atoms with Crippen molar-refractivity contribution in [3.05, 3.63) is 71.0 Å². The smallest absolute Gasteiger partial charge is 0.410 e. The highest BCUT2D eigenvalue weighted by molar-refractivity contribution is 7.90. The Kier molecular flexibility index (Phi) is 9.92. The van der Waals surface area contributed by atoms with Crippen LogP contribution in [0.5, 0.6) is 0 Å². The van der Waals surface area contributed by atoms with Gasteiger partial charge in [0.1, 0.15) is 23.7 Å². The van der Waals surface area contributed by atoms with Crippen molar-refractivity contribution in [3.8, 4) is 0 Å². The summed E-state index contributed by atoms with van der Waals surface area (Å²) in [6.07, 6.45) is 2.15. The van der Waals surface area contributed by atoms with Gasteiger partial charge in [0.05, 0.1) is 6.04 Å².